The molecule has 1 heteroatoms. The first-order chi connectivity index (χ1) is 21.4. The van der Waals surface area contributed by atoms with Crippen LogP contribution in [0.25, 0.3) is 32.3 Å². The maximum atomic E-state index is 2.35. The van der Waals surface area contributed by atoms with Crippen molar-refractivity contribution in [3.8, 4) is 0 Å². The van der Waals surface area contributed by atoms with Gasteiger partial charge in [-0.05, 0) is 10.8 Å². The van der Waals surface area contributed by atoms with E-state index in [2.05, 4.69) is 188 Å². The Kier molecular flexibility index (Phi) is 10.0. The summed E-state index contributed by atoms with van der Waals surface area (Å²) in [5.74, 6) is 0. The molecule has 0 saturated heterocycles. The monoisotopic (exact) mass is 662 g/mol. The zero-order chi connectivity index (χ0) is 32.2. The molecule has 45 heavy (non-hydrogen) atoms. The summed E-state index contributed by atoms with van der Waals surface area (Å²) in [5.41, 5.74) is 7.25. The van der Waals surface area contributed by atoms with Gasteiger partial charge >= 0.3 is 99.2 Å². The predicted octanol–water partition coefficient (Wildman–Crippen LogP) is 12.0. The van der Waals surface area contributed by atoms with Crippen LogP contribution in [0.1, 0.15) is 69.4 Å². The molecule has 0 radical (unpaired) electrons. The number of rotatable bonds is 2. The standard InChI is InChI=1S/C21H25.C13H10.C10H9.Zr/c1-20(2,3)16-7-9-18-14(12-16)11-15-13-17(21(4,5)6)8-10-19(15)18;1-3-7-12(8-4-1)11-13-9-5-2-6-10-13;1-8-6-7-9-4-2-3-5-10(8)9;/h7-13H,1-6H3;1-10H;2-7H,1H3;/q-1;;-1;+2. The number of fused-ring (bicyclic) bond motifs is 4. The molecular weight excluding hydrogens is 620 g/mol. The predicted molar refractivity (Wildman–Crippen MR) is 195 cm³/mol. The van der Waals surface area contributed by atoms with E-state index in [9.17, 15) is 0 Å². The SMILES string of the molecule is CC(C)(C)c1ccc2c(c1)[cH-]c1cc(C(C)(C)C)ccc12.Cc1c[cH-]c2ccccc12.[Zr+2]=[C](c1ccccc1)c1ccccc1. The minimum atomic E-state index is 0.203. The fraction of sp³-hybridized carbons (Fsp3) is 0.205. The average molecular weight is 664 g/mol. The second kappa shape index (κ2) is 13.8. The van der Waals surface area contributed by atoms with E-state index < -0.39 is 0 Å². The van der Waals surface area contributed by atoms with E-state index >= 15 is 0 Å². The number of hydrogen-bond donors (Lipinski definition) is 0. The first-order valence-corrected chi connectivity index (χ1v) is 17.1. The molecule has 0 heterocycles. The Labute approximate surface area is 284 Å². The first-order valence-electron chi connectivity index (χ1n) is 15.9. The summed E-state index contributed by atoms with van der Waals surface area (Å²) in [5, 5.41) is 8.20. The fourth-order valence-electron chi connectivity index (χ4n) is 5.64. The summed E-state index contributed by atoms with van der Waals surface area (Å²) in [4.78, 5) is 0. The fourth-order valence-corrected chi connectivity index (χ4v) is 6.46. The zero-order valence-corrected chi connectivity index (χ0v) is 30.2. The van der Waals surface area contributed by atoms with Crippen molar-refractivity contribution < 1.29 is 24.2 Å². The molecule has 7 aromatic rings. The van der Waals surface area contributed by atoms with E-state index in [1.54, 1.807) is 0 Å². The van der Waals surface area contributed by atoms with E-state index in [1.165, 1.54) is 87.6 Å². The van der Waals surface area contributed by atoms with Crippen LogP contribution in [0, 0.1) is 6.92 Å². The molecule has 0 aromatic heterocycles. The van der Waals surface area contributed by atoms with E-state index in [1.807, 2.05) is 0 Å². The van der Waals surface area contributed by atoms with Crippen molar-refractivity contribution in [1.29, 1.82) is 0 Å². The van der Waals surface area contributed by atoms with E-state index in [0.717, 1.165) is 0 Å². The van der Waals surface area contributed by atoms with Crippen LogP contribution in [0.5, 0.6) is 0 Å². The minimum absolute atomic E-state index is 0.203. The van der Waals surface area contributed by atoms with Gasteiger partial charge in [-0.1, -0.05) is 89.9 Å². The second-order valence-corrected chi connectivity index (χ2v) is 15.2. The summed E-state index contributed by atoms with van der Waals surface area (Å²) < 4.78 is 1.42. The Morgan fingerprint density at radius 1 is 0.511 bits per heavy atom. The Hall–Kier alpha value is -3.67. The molecule has 224 valence electrons. The normalized spacial score (nSPS) is 11.6. The topological polar surface area (TPSA) is 0 Å². The third kappa shape index (κ3) is 7.95. The Morgan fingerprint density at radius 3 is 1.40 bits per heavy atom. The molecule has 0 fully saturated rings. The molecule has 0 aliphatic carbocycles. The van der Waals surface area contributed by atoms with E-state index in [4.69, 9.17) is 0 Å². The van der Waals surface area contributed by atoms with Crippen LogP contribution in [0.2, 0.25) is 0 Å². The molecule has 0 bridgehead atoms. The van der Waals surface area contributed by atoms with Gasteiger partial charge in [0.25, 0.3) is 0 Å². The van der Waals surface area contributed by atoms with Crippen molar-refractivity contribution in [2.75, 3.05) is 0 Å². The van der Waals surface area contributed by atoms with Gasteiger partial charge in [-0.25, -0.2) is 0 Å². The molecule has 7 rings (SSSR count). The van der Waals surface area contributed by atoms with Crippen LogP contribution in [0.15, 0.2) is 140 Å². The molecule has 0 unspecified atom stereocenters. The molecule has 0 spiro atoms. The van der Waals surface area contributed by atoms with Crippen LogP contribution in [0.3, 0.4) is 0 Å². The van der Waals surface area contributed by atoms with Crippen LogP contribution in [0.4, 0.5) is 0 Å². The summed E-state index contributed by atoms with van der Waals surface area (Å²) in [6.07, 6.45) is 0. The number of aryl methyl sites for hydroxylation is 1. The zero-order valence-electron chi connectivity index (χ0n) is 27.8. The van der Waals surface area contributed by atoms with Gasteiger partial charge in [-0.15, -0.1) is 74.8 Å². The van der Waals surface area contributed by atoms with Gasteiger partial charge in [0, 0.05) is 0 Å². The Morgan fingerprint density at radius 2 is 0.956 bits per heavy atom. The van der Waals surface area contributed by atoms with Crippen LogP contribution in [-0.2, 0) is 35.1 Å². The van der Waals surface area contributed by atoms with Gasteiger partial charge in [0.15, 0.2) is 0 Å². The number of hydrogen-bond acceptors (Lipinski definition) is 0. The van der Waals surface area contributed by atoms with Crippen molar-refractivity contribution in [1.82, 2.24) is 0 Å². The van der Waals surface area contributed by atoms with Gasteiger partial charge < -0.3 is 0 Å². The summed E-state index contributed by atoms with van der Waals surface area (Å²) in [6, 6.07) is 50.0. The molecule has 0 saturated carbocycles. The van der Waals surface area contributed by atoms with Crippen molar-refractivity contribution in [2.45, 2.75) is 59.3 Å². The van der Waals surface area contributed by atoms with Gasteiger partial charge in [0.05, 0.1) is 0 Å². The number of benzene rings is 5. The van der Waals surface area contributed by atoms with Gasteiger partial charge in [-0.2, -0.15) is 11.6 Å². The van der Waals surface area contributed by atoms with Crippen molar-refractivity contribution in [3.05, 3.63) is 167 Å². The quantitative estimate of drug-likeness (QED) is 0.162. The average Bonchev–Trinajstić information content (AvgIpc) is 3.61. The first kappa shape index (κ1) is 32.7. The Balaban J connectivity index is 0.000000143. The van der Waals surface area contributed by atoms with Gasteiger partial charge in [0.1, 0.15) is 0 Å². The molecule has 0 atom stereocenters. The molecule has 0 nitrogen and oxygen atoms in total. The molecule has 0 N–H and O–H groups in total. The van der Waals surface area contributed by atoms with Crippen molar-refractivity contribution in [2.24, 2.45) is 0 Å². The molecule has 0 aliphatic heterocycles. The molecule has 0 amide bonds. The van der Waals surface area contributed by atoms with E-state index in [0.29, 0.717) is 0 Å². The van der Waals surface area contributed by atoms with Crippen LogP contribution < -0.4 is 0 Å². The van der Waals surface area contributed by atoms with Gasteiger partial charge in [0.2, 0.25) is 0 Å². The van der Waals surface area contributed by atoms with Crippen molar-refractivity contribution >= 4 is 35.5 Å². The summed E-state index contributed by atoms with van der Waals surface area (Å²) >= 11 is 1.46. The molecular formula is C44H44Zr. The molecule has 7 aromatic carbocycles. The third-order valence-corrected chi connectivity index (χ3v) is 9.88. The van der Waals surface area contributed by atoms with Crippen LogP contribution >= 0.6 is 0 Å². The van der Waals surface area contributed by atoms with E-state index in [-0.39, 0.29) is 10.8 Å². The second-order valence-electron chi connectivity index (χ2n) is 14.0. The summed E-state index contributed by atoms with van der Waals surface area (Å²) in [7, 11) is 0. The maximum absolute atomic E-state index is 2.35. The van der Waals surface area contributed by atoms with Crippen LogP contribution in [-0.4, -0.2) is 3.21 Å². The summed E-state index contributed by atoms with van der Waals surface area (Å²) in [6.45, 7) is 15.8. The Bertz CT molecular complexity index is 1910. The van der Waals surface area contributed by atoms with Gasteiger partial charge in [-0.3, -0.25) is 0 Å². The molecule has 0 aliphatic rings. The third-order valence-electron chi connectivity index (χ3n) is 8.46. The van der Waals surface area contributed by atoms with Crippen molar-refractivity contribution in [3.63, 3.8) is 0 Å².